The maximum absolute atomic E-state index is 12.5. The van der Waals surface area contributed by atoms with Crippen molar-refractivity contribution in [3.05, 3.63) is 22.8 Å². The van der Waals surface area contributed by atoms with Gasteiger partial charge in [-0.15, -0.1) is 0 Å². The van der Waals surface area contributed by atoms with Gasteiger partial charge in [-0.1, -0.05) is 11.6 Å². The van der Waals surface area contributed by atoms with Gasteiger partial charge in [0.2, 0.25) is 5.91 Å². The van der Waals surface area contributed by atoms with Crippen molar-refractivity contribution in [2.75, 3.05) is 17.2 Å². The third kappa shape index (κ3) is 2.97. The van der Waals surface area contributed by atoms with Crippen LogP contribution in [0.15, 0.2) is 12.3 Å². The number of alkyl halides is 3. The first kappa shape index (κ1) is 14.5. The Bertz CT molecular complexity index is 509. The molecule has 1 fully saturated rings. The largest absolute Gasteiger partial charge is 0.417 e. The Kier molecular flexibility index (Phi) is 3.96. The summed E-state index contributed by atoms with van der Waals surface area (Å²) in [5.41, 5.74) is -0.932. The Morgan fingerprint density at radius 1 is 1.53 bits per heavy atom. The fraction of sp³-hybridized carbons (Fsp3) is 0.455. The Hall–Kier alpha value is -0.950. The van der Waals surface area contributed by atoms with Crippen molar-refractivity contribution in [3.63, 3.8) is 0 Å². The van der Waals surface area contributed by atoms with Crippen LogP contribution in [0.2, 0.25) is 5.02 Å². The quantitative estimate of drug-likeness (QED) is 0.852. The smallest absolute Gasteiger partial charge is 0.295 e. The van der Waals surface area contributed by atoms with E-state index in [2.05, 4.69) is 17.6 Å². The molecule has 1 amide bonds. The molecule has 0 radical (unpaired) electrons. The summed E-state index contributed by atoms with van der Waals surface area (Å²) in [6.45, 7) is 0.375. The fourth-order valence-corrected chi connectivity index (χ4v) is 2.41. The molecule has 2 heterocycles. The Balaban J connectivity index is 2.30. The highest BCUT2D eigenvalue weighted by Crippen LogP contribution is 2.35. The number of hydrogen-bond donors (Lipinski definition) is 1. The van der Waals surface area contributed by atoms with Gasteiger partial charge in [-0.05, 0) is 17.7 Å². The van der Waals surface area contributed by atoms with Crippen LogP contribution in [0.1, 0.15) is 12.0 Å². The van der Waals surface area contributed by atoms with Crippen molar-refractivity contribution < 1.29 is 18.0 Å². The van der Waals surface area contributed by atoms with Gasteiger partial charge in [0.25, 0.3) is 0 Å². The first-order chi connectivity index (χ1) is 8.82. The topological polar surface area (TPSA) is 33.2 Å². The molecule has 0 spiro atoms. The van der Waals surface area contributed by atoms with E-state index in [-0.39, 0.29) is 22.7 Å². The fourth-order valence-electron chi connectivity index (χ4n) is 1.89. The zero-order valence-electron chi connectivity index (χ0n) is 9.62. The van der Waals surface area contributed by atoms with Gasteiger partial charge >= 0.3 is 6.18 Å². The molecule has 0 saturated carbocycles. The summed E-state index contributed by atoms with van der Waals surface area (Å²) in [5, 5.41) is -0.178. The predicted octanol–water partition coefficient (Wildman–Crippen LogP) is 3.04. The molecule has 1 unspecified atom stereocenters. The molecule has 3 nitrogen and oxygen atoms in total. The summed E-state index contributed by atoms with van der Waals surface area (Å²) in [6, 6.07) is 0.783. The number of halogens is 4. The number of carbonyl (C=O) groups excluding carboxylic acids is 1. The maximum atomic E-state index is 12.5. The molecule has 0 N–H and O–H groups in total. The van der Waals surface area contributed by atoms with Crippen molar-refractivity contribution in [2.24, 2.45) is 5.92 Å². The number of anilines is 1. The van der Waals surface area contributed by atoms with Gasteiger partial charge in [-0.25, -0.2) is 4.98 Å². The van der Waals surface area contributed by atoms with Crippen LogP contribution in [0.25, 0.3) is 0 Å². The van der Waals surface area contributed by atoms with Gasteiger partial charge in [0.05, 0.1) is 10.6 Å². The van der Waals surface area contributed by atoms with Crippen LogP contribution in [0, 0.1) is 5.92 Å². The van der Waals surface area contributed by atoms with E-state index < -0.39 is 11.7 Å². The second-order valence-electron chi connectivity index (χ2n) is 4.28. The lowest BCUT2D eigenvalue weighted by atomic mass is 10.1. The molecule has 1 saturated heterocycles. The summed E-state index contributed by atoms with van der Waals surface area (Å²) in [4.78, 5) is 16.7. The third-order valence-electron chi connectivity index (χ3n) is 2.87. The van der Waals surface area contributed by atoms with Crippen LogP contribution < -0.4 is 4.90 Å². The number of thiol groups is 1. The molecule has 0 aliphatic carbocycles. The lowest BCUT2D eigenvalue weighted by Crippen LogP contribution is -2.26. The van der Waals surface area contributed by atoms with Crippen molar-refractivity contribution in [1.29, 1.82) is 0 Å². The highest BCUT2D eigenvalue weighted by atomic mass is 35.5. The number of aromatic nitrogens is 1. The predicted molar refractivity (Wildman–Crippen MR) is 68.6 cm³/mol. The molecule has 0 aromatic carbocycles. The molecule has 1 aromatic rings. The van der Waals surface area contributed by atoms with Gasteiger partial charge in [0.15, 0.2) is 5.82 Å². The number of amides is 1. The van der Waals surface area contributed by atoms with Crippen LogP contribution in [0.3, 0.4) is 0 Å². The van der Waals surface area contributed by atoms with Gasteiger partial charge in [0.1, 0.15) is 0 Å². The van der Waals surface area contributed by atoms with E-state index in [1.165, 1.54) is 4.90 Å². The minimum Gasteiger partial charge on any atom is -0.295 e. The Labute approximate surface area is 118 Å². The maximum Gasteiger partial charge on any atom is 0.417 e. The standard InChI is InChI=1S/C11H10ClF3N2OS/c12-8-2-7(11(13,14)15)3-16-10(8)17-4-6(5-19)1-9(17)18/h2-3,6,19H,1,4-5H2. The monoisotopic (exact) mass is 310 g/mol. The minimum absolute atomic E-state index is 0.0657. The average Bonchev–Trinajstić information content (AvgIpc) is 2.69. The van der Waals surface area contributed by atoms with Gasteiger partial charge in [-0.3, -0.25) is 9.69 Å². The van der Waals surface area contributed by atoms with Crippen LogP contribution >= 0.6 is 24.2 Å². The molecule has 8 heteroatoms. The zero-order chi connectivity index (χ0) is 14.2. The van der Waals surface area contributed by atoms with E-state index >= 15 is 0 Å². The molecule has 1 aliphatic heterocycles. The molecule has 1 aliphatic rings. The number of hydrogen-bond acceptors (Lipinski definition) is 3. The number of rotatable bonds is 2. The van der Waals surface area contributed by atoms with E-state index in [0.717, 1.165) is 6.07 Å². The first-order valence-corrected chi connectivity index (χ1v) is 6.48. The minimum atomic E-state index is -4.50. The lowest BCUT2D eigenvalue weighted by molar-refractivity contribution is -0.137. The Morgan fingerprint density at radius 3 is 2.68 bits per heavy atom. The average molecular weight is 311 g/mol. The van der Waals surface area contributed by atoms with Crippen LogP contribution in [0.5, 0.6) is 0 Å². The summed E-state index contributed by atoms with van der Waals surface area (Å²) in [7, 11) is 0. The zero-order valence-corrected chi connectivity index (χ0v) is 11.3. The lowest BCUT2D eigenvalue weighted by Gasteiger charge is -2.17. The Morgan fingerprint density at radius 2 is 2.21 bits per heavy atom. The molecule has 104 valence electrons. The second kappa shape index (κ2) is 5.20. The van der Waals surface area contributed by atoms with Crippen LogP contribution in [0.4, 0.5) is 19.0 Å². The summed E-state index contributed by atoms with van der Waals surface area (Å²) in [5.74, 6) is 0.466. The van der Waals surface area contributed by atoms with Crippen molar-refractivity contribution in [2.45, 2.75) is 12.6 Å². The van der Waals surface area contributed by atoms with Crippen LogP contribution in [-0.4, -0.2) is 23.2 Å². The number of carbonyl (C=O) groups is 1. The van der Waals surface area contributed by atoms with Crippen molar-refractivity contribution in [3.8, 4) is 0 Å². The molecule has 0 bridgehead atoms. The summed E-state index contributed by atoms with van der Waals surface area (Å²) < 4.78 is 37.4. The van der Waals surface area contributed by atoms with Crippen LogP contribution in [-0.2, 0) is 11.0 Å². The molecular formula is C11H10ClF3N2OS. The molecule has 1 aromatic heterocycles. The third-order valence-corrected chi connectivity index (χ3v) is 3.66. The normalized spacial score (nSPS) is 20.2. The summed E-state index contributed by atoms with van der Waals surface area (Å²) >= 11 is 9.90. The van der Waals surface area contributed by atoms with Crippen molar-refractivity contribution >= 4 is 36.0 Å². The van der Waals surface area contributed by atoms with E-state index in [1.54, 1.807) is 0 Å². The van der Waals surface area contributed by atoms with Gasteiger partial charge in [-0.2, -0.15) is 25.8 Å². The second-order valence-corrected chi connectivity index (χ2v) is 5.06. The van der Waals surface area contributed by atoms with Gasteiger partial charge in [0, 0.05) is 19.2 Å². The van der Waals surface area contributed by atoms with Crippen molar-refractivity contribution in [1.82, 2.24) is 4.98 Å². The molecule has 2 rings (SSSR count). The SMILES string of the molecule is O=C1CC(CS)CN1c1ncc(C(F)(F)F)cc1Cl. The molecule has 1 atom stereocenters. The van der Waals surface area contributed by atoms with E-state index in [1.807, 2.05) is 0 Å². The first-order valence-electron chi connectivity index (χ1n) is 5.47. The van der Waals surface area contributed by atoms with Gasteiger partial charge < -0.3 is 0 Å². The molecular weight excluding hydrogens is 301 g/mol. The highest BCUT2D eigenvalue weighted by Gasteiger charge is 2.35. The highest BCUT2D eigenvalue weighted by molar-refractivity contribution is 7.80. The number of nitrogens with zero attached hydrogens (tertiary/aromatic N) is 2. The summed E-state index contributed by atoms with van der Waals surface area (Å²) in [6.07, 6.45) is -3.51. The molecule has 19 heavy (non-hydrogen) atoms. The van der Waals surface area contributed by atoms with E-state index in [4.69, 9.17) is 11.6 Å². The van der Waals surface area contributed by atoms with E-state index in [9.17, 15) is 18.0 Å². The van der Waals surface area contributed by atoms with E-state index in [0.29, 0.717) is 24.9 Å². The number of pyridine rings is 1.